The second kappa shape index (κ2) is 5.37. The highest BCUT2D eigenvalue weighted by atomic mass is 35.5. The molecule has 1 aromatic carbocycles. The quantitative estimate of drug-likeness (QED) is 0.830. The predicted molar refractivity (Wildman–Crippen MR) is 65.6 cm³/mol. The first-order valence-corrected chi connectivity index (χ1v) is 5.31. The van der Waals surface area contributed by atoms with Crippen LogP contribution in [0.3, 0.4) is 0 Å². The van der Waals surface area contributed by atoms with Crippen LogP contribution >= 0.6 is 11.6 Å². The van der Waals surface area contributed by atoms with Crippen molar-refractivity contribution in [3.8, 4) is 0 Å². The summed E-state index contributed by atoms with van der Waals surface area (Å²) in [6.07, 6.45) is 0. The van der Waals surface area contributed by atoms with Gasteiger partial charge in [0.05, 0.1) is 23.0 Å². The molecule has 1 unspecified atom stereocenters. The number of hydrogen-bond acceptors (Lipinski definition) is 3. The molecule has 0 radical (unpaired) electrons. The van der Waals surface area contributed by atoms with Crippen LogP contribution in [0, 0.1) is 5.82 Å². The summed E-state index contributed by atoms with van der Waals surface area (Å²) in [6.45, 7) is 2.51. The van der Waals surface area contributed by atoms with E-state index in [4.69, 9.17) is 22.1 Å². The summed E-state index contributed by atoms with van der Waals surface area (Å²) in [7, 11) is 3.46. The molecule has 0 aromatic heterocycles. The molecule has 0 aliphatic heterocycles. The highest BCUT2D eigenvalue weighted by Crippen LogP contribution is 2.29. The third-order valence-corrected chi connectivity index (χ3v) is 2.81. The van der Waals surface area contributed by atoms with Crippen LogP contribution in [-0.2, 0) is 4.74 Å². The van der Waals surface area contributed by atoms with Crippen LogP contribution in [0.25, 0.3) is 0 Å². The molecule has 1 atom stereocenters. The molecule has 0 saturated carbocycles. The lowest BCUT2D eigenvalue weighted by molar-refractivity contribution is 0.183. The van der Waals surface area contributed by atoms with Gasteiger partial charge < -0.3 is 15.4 Å². The Bertz CT molecular complexity index is 373. The molecule has 0 saturated heterocycles. The Morgan fingerprint density at radius 1 is 1.56 bits per heavy atom. The van der Waals surface area contributed by atoms with E-state index in [2.05, 4.69) is 0 Å². The number of nitrogens with zero attached hydrogens (tertiary/aromatic N) is 1. The van der Waals surface area contributed by atoms with Gasteiger partial charge in [0, 0.05) is 26.3 Å². The molecule has 2 N–H and O–H groups in total. The van der Waals surface area contributed by atoms with E-state index in [0.29, 0.717) is 18.0 Å². The highest BCUT2D eigenvalue weighted by Gasteiger charge is 2.14. The van der Waals surface area contributed by atoms with Crippen molar-refractivity contribution in [2.75, 3.05) is 31.4 Å². The van der Waals surface area contributed by atoms with Crippen LogP contribution in [0.1, 0.15) is 6.92 Å². The maximum atomic E-state index is 13.3. The number of hydrogen-bond donors (Lipinski definition) is 1. The zero-order valence-corrected chi connectivity index (χ0v) is 10.4. The summed E-state index contributed by atoms with van der Waals surface area (Å²) in [6, 6.07) is 2.86. The Morgan fingerprint density at radius 3 is 2.75 bits per heavy atom. The van der Waals surface area contributed by atoms with E-state index in [1.807, 2.05) is 18.9 Å². The number of likely N-dealkylation sites (N-methyl/N-ethyl adjacent to an activating group) is 1. The lowest BCUT2D eigenvalue weighted by Gasteiger charge is -2.27. The van der Waals surface area contributed by atoms with Crippen molar-refractivity contribution in [2.45, 2.75) is 13.0 Å². The number of halogens is 2. The fourth-order valence-electron chi connectivity index (χ4n) is 1.45. The van der Waals surface area contributed by atoms with Gasteiger partial charge in [-0.05, 0) is 13.0 Å². The predicted octanol–water partition coefficient (Wildman–Crippen LogP) is 2.53. The first-order chi connectivity index (χ1) is 7.47. The number of nitrogen functional groups attached to an aromatic ring is 1. The van der Waals surface area contributed by atoms with Crippen molar-refractivity contribution in [3.63, 3.8) is 0 Å². The lowest BCUT2D eigenvalue weighted by Crippen LogP contribution is -2.33. The summed E-state index contributed by atoms with van der Waals surface area (Å²) in [5.41, 5.74) is 6.86. The maximum absolute atomic E-state index is 13.3. The standard InChI is InChI=1S/C11H16ClFN2O/c1-7(6-16-3)15(2)11-5-9(13)8(12)4-10(11)14/h4-5,7H,6,14H2,1-3H3. The smallest absolute Gasteiger partial charge is 0.144 e. The average molecular weight is 247 g/mol. The zero-order valence-electron chi connectivity index (χ0n) is 9.63. The molecular formula is C11H16ClFN2O. The van der Waals surface area contributed by atoms with E-state index >= 15 is 0 Å². The second-order valence-corrected chi connectivity index (χ2v) is 4.15. The number of rotatable bonds is 4. The molecule has 16 heavy (non-hydrogen) atoms. The van der Waals surface area contributed by atoms with Gasteiger partial charge in [-0.1, -0.05) is 11.6 Å². The third kappa shape index (κ3) is 2.77. The van der Waals surface area contributed by atoms with Gasteiger partial charge >= 0.3 is 0 Å². The monoisotopic (exact) mass is 246 g/mol. The van der Waals surface area contributed by atoms with Crippen molar-refractivity contribution in [1.29, 1.82) is 0 Å². The minimum atomic E-state index is -0.470. The van der Waals surface area contributed by atoms with E-state index < -0.39 is 5.82 Å². The largest absolute Gasteiger partial charge is 0.397 e. The Kier molecular flexibility index (Phi) is 4.38. The molecule has 90 valence electrons. The topological polar surface area (TPSA) is 38.5 Å². The number of anilines is 2. The number of nitrogens with two attached hydrogens (primary N) is 1. The van der Waals surface area contributed by atoms with Gasteiger partial charge in [-0.25, -0.2) is 4.39 Å². The maximum Gasteiger partial charge on any atom is 0.144 e. The summed E-state index contributed by atoms with van der Waals surface area (Å²) in [5.74, 6) is -0.470. The lowest BCUT2D eigenvalue weighted by atomic mass is 10.2. The Labute approximate surface area is 99.9 Å². The molecule has 0 aliphatic carbocycles. The van der Waals surface area contributed by atoms with Crippen LogP contribution < -0.4 is 10.6 Å². The van der Waals surface area contributed by atoms with Gasteiger partial charge in [-0.15, -0.1) is 0 Å². The van der Waals surface area contributed by atoms with Crippen molar-refractivity contribution in [2.24, 2.45) is 0 Å². The minimum absolute atomic E-state index is 0.0362. The first kappa shape index (κ1) is 13.1. The Morgan fingerprint density at radius 2 is 2.19 bits per heavy atom. The fraction of sp³-hybridized carbons (Fsp3) is 0.455. The Hall–Kier alpha value is -1.00. The van der Waals surface area contributed by atoms with Crippen LogP contribution in [0.15, 0.2) is 12.1 Å². The molecular weight excluding hydrogens is 231 g/mol. The molecule has 0 amide bonds. The molecule has 0 bridgehead atoms. The second-order valence-electron chi connectivity index (χ2n) is 3.74. The van der Waals surface area contributed by atoms with Crippen molar-refractivity contribution in [1.82, 2.24) is 0 Å². The summed E-state index contributed by atoms with van der Waals surface area (Å²) >= 11 is 5.63. The van der Waals surface area contributed by atoms with Gasteiger partial charge in [-0.2, -0.15) is 0 Å². The van der Waals surface area contributed by atoms with Gasteiger partial charge in [0.25, 0.3) is 0 Å². The molecule has 0 fully saturated rings. The van der Waals surface area contributed by atoms with Crippen LogP contribution in [0.5, 0.6) is 0 Å². The molecule has 3 nitrogen and oxygen atoms in total. The molecule has 1 aromatic rings. The summed E-state index contributed by atoms with van der Waals surface area (Å²) in [5, 5.41) is 0.0362. The normalized spacial score (nSPS) is 12.6. The Balaban J connectivity index is 2.99. The van der Waals surface area contributed by atoms with E-state index in [1.54, 1.807) is 7.11 Å². The average Bonchev–Trinajstić information content (AvgIpc) is 2.23. The number of methoxy groups -OCH3 is 1. The van der Waals surface area contributed by atoms with Crippen LogP contribution in [0.4, 0.5) is 15.8 Å². The zero-order chi connectivity index (χ0) is 12.3. The van der Waals surface area contributed by atoms with Crippen molar-refractivity contribution < 1.29 is 9.13 Å². The minimum Gasteiger partial charge on any atom is -0.397 e. The van der Waals surface area contributed by atoms with Gasteiger partial charge in [-0.3, -0.25) is 0 Å². The fourth-order valence-corrected chi connectivity index (χ4v) is 1.62. The summed E-state index contributed by atoms with van der Waals surface area (Å²) < 4.78 is 18.4. The van der Waals surface area contributed by atoms with Crippen LogP contribution in [0.2, 0.25) is 5.02 Å². The first-order valence-electron chi connectivity index (χ1n) is 4.93. The van der Waals surface area contributed by atoms with E-state index in [-0.39, 0.29) is 11.1 Å². The van der Waals surface area contributed by atoms with E-state index in [1.165, 1.54) is 12.1 Å². The van der Waals surface area contributed by atoms with Gasteiger partial charge in [0.15, 0.2) is 0 Å². The highest BCUT2D eigenvalue weighted by molar-refractivity contribution is 6.31. The number of benzene rings is 1. The molecule has 0 aliphatic rings. The summed E-state index contributed by atoms with van der Waals surface area (Å²) in [4.78, 5) is 1.86. The van der Waals surface area contributed by atoms with Gasteiger partial charge in [0.1, 0.15) is 5.82 Å². The van der Waals surface area contributed by atoms with Crippen LogP contribution in [-0.4, -0.2) is 26.8 Å². The number of ether oxygens (including phenoxy) is 1. The van der Waals surface area contributed by atoms with E-state index in [9.17, 15) is 4.39 Å². The molecule has 0 heterocycles. The van der Waals surface area contributed by atoms with Gasteiger partial charge in [0.2, 0.25) is 0 Å². The SMILES string of the molecule is COCC(C)N(C)c1cc(F)c(Cl)cc1N. The third-order valence-electron chi connectivity index (χ3n) is 2.52. The van der Waals surface area contributed by atoms with Crippen molar-refractivity contribution >= 4 is 23.0 Å². The molecule has 5 heteroatoms. The van der Waals surface area contributed by atoms with E-state index in [0.717, 1.165) is 0 Å². The molecule has 1 rings (SSSR count). The molecule has 0 spiro atoms. The van der Waals surface area contributed by atoms with Crippen molar-refractivity contribution in [3.05, 3.63) is 23.0 Å².